The summed E-state index contributed by atoms with van der Waals surface area (Å²) in [7, 11) is 0. The zero-order chi connectivity index (χ0) is 10.1. The highest BCUT2D eigenvalue weighted by atomic mass is 16.5. The third-order valence-electron chi connectivity index (χ3n) is 3.44. The summed E-state index contributed by atoms with van der Waals surface area (Å²) in [6, 6.07) is 0. The third kappa shape index (κ3) is 1.81. The first-order valence-corrected chi connectivity index (χ1v) is 6.11. The molecule has 1 aromatic heterocycles. The molecule has 2 aliphatic heterocycles. The van der Waals surface area contributed by atoms with Crippen LogP contribution in [-0.4, -0.2) is 16.2 Å². The lowest BCUT2D eigenvalue weighted by molar-refractivity contribution is 0.0124. The smallest absolute Gasteiger partial charge is 0.109 e. The lowest BCUT2D eigenvalue weighted by Gasteiger charge is -2.20. The van der Waals surface area contributed by atoms with E-state index in [0.717, 1.165) is 26.0 Å². The summed E-state index contributed by atoms with van der Waals surface area (Å²) in [5, 5.41) is 0. The first-order valence-electron chi connectivity index (χ1n) is 6.11. The number of hydrogen-bond acceptors (Lipinski definition) is 2. The molecule has 0 spiro atoms. The van der Waals surface area contributed by atoms with Crippen LogP contribution in [0.15, 0.2) is 6.20 Å². The second kappa shape index (κ2) is 3.97. The van der Waals surface area contributed by atoms with Crippen LogP contribution in [0.3, 0.4) is 0 Å². The molecule has 0 amide bonds. The number of aryl methyl sites for hydroxylation is 2. The summed E-state index contributed by atoms with van der Waals surface area (Å²) in [4.78, 5) is 4.71. The highest BCUT2D eigenvalue weighted by molar-refractivity contribution is 5.09. The van der Waals surface area contributed by atoms with Crippen LogP contribution in [0, 0.1) is 0 Å². The van der Waals surface area contributed by atoms with E-state index in [1.165, 1.54) is 37.2 Å². The van der Waals surface area contributed by atoms with Gasteiger partial charge in [0.05, 0.1) is 5.69 Å². The van der Waals surface area contributed by atoms with Gasteiger partial charge in [-0.05, 0) is 32.1 Å². The molecule has 3 rings (SSSR count). The van der Waals surface area contributed by atoms with Gasteiger partial charge in [0.2, 0.25) is 0 Å². The first kappa shape index (κ1) is 9.40. The van der Waals surface area contributed by atoms with Crippen molar-refractivity contribution >= 4 is 0 Å². The maximum absolute atomic E-state index is 5.77. The fraction of sp³-hybridized carbons (Fsp3) is 0.750. The van der Waals surface area contributed by atoms with Gasteiger partial charge in [-0.3, -0.25) is 0 Å². The van der Waals surface area contributed by atoms with Crippen molar-refractivity contribution in [2.75, 3.05) is 6.61 Å². The topological polar surface area (TPSA) is 27.1 Å². The Labute approximate surface area is 90.5 Å². The van der Waals surface area contributed by atoms with E-state index in [9.17, 15) is 0 Å². The minimum absolute atomic E-state index is 0.275. The molecule has 1 fully saturated rings. The number of hydrogen-bond donors (Lipinski definition) is 0. The molecule has 1 unspecified atom stereocenters. The molecule has 0 aromatic carbocycles. The molecule has 0 bridgehead atoms. The Bertz CT molecular complexity index is 316. The molecule has 1 aromatic rings. The van der Waals surface area contributed by atoms with Crippen molar-refractivity contribution in [3.05, 3.63) is 17.7 Å². The zero-order valence-electron chi connectivity index (χ0n) is 9.11. The molecule has 82 valence electrons. The number of fused-ring (bicyclic) bond motifs is 1. The van der Waals surface area contributed by atoms with Crippen molar-refractivity contribution in [2.45, 2.75) is 51.2 Å². The van der Waals surface area contributed by atoms with Crippen LogP contribution in [-0.2, 0) is 17.7 Å². The van der Waals surface area contributed by atoms with Crippen molar-refractivity contribution in [3.63, 3.8) is 0 Å². The van der Waals surface area contributed by atoms with Gasteiger partial charge < -0.3 is 9.30 Å². The van der Waals surface area contributed by atoms with Gasteiger partial charge in [0.15, 0.2) is 0 Å². The average Bonchev–Trinajstić information content (AvgIpc) is 2.74. The predicted octanol–water partition coefficient (Wildman–Crippen LogP) is 2.46. The van der Waals surface area contributed by atoms with Gasteiger partial charge in [0, 0.05) is 25.8 Å². The van der Waals surface area contributed by atoms with Crippen molar-refractivity contribution < 1.29 is 4.74 Å². The first-order chi connectivity index (χ1) is 7.43. The van der Waals surface area contributed by atoms with E-state index in [4.69, 9.17) is 9.72 Å². The summed E-state index contributed by atoms with van der Waals surface area (Å²) in [6.45, 7) is 2.06. The van der Waals surface area contributed by atoms with Crippen molar-refractivity contribution in [1.29, 1.82) is 0 Å². The summed E-state index contributed by atoms with van der Waals surface area (Å²) in [5.41, 5.74) is 1.17. The Kier molecular flexibility index (Phi) is 2.49. The molecule has 0 N–H and O–H groups in total. The monoisotopic (exact) mass is 206 g/mol. The number of aromatic nitrogens is 2. The maximum atomic E-state index is 5.77. The molecule has 3 heterocycles. The molecular formula is C12H18N2O. The maximum Gasteiger partial charge on any atom is 0.109 e. The standard InChI is InChI=1S/C12H18N2O/c1-3-7-14-9-10(13-12(14)6-1)11-5-2-4-8-15-11/h9,11H,1-8H2. The molecule has 15 heavy (non-hydrogen) atoms. The fourth-order valence-corrected chi connectivity index (χ4v) is 2.56. The minimum atomic E-state index is 0.275. The zero-order valence-corrected chi connectivity index (χ0v) is 9.11. The third-order valence-corrected chi connectivity index (χ3v) is 3.44. The van der Waals surface area contributed by atoms with Gasteiger partial charge in [0.1, 0.15) is 11.9 Å². The van der Waals surface area contributed by atoms with E-state index in [1.54, 1.807) is 0 Å². The van der Waals surface area contributed by atoms with Crippen LogP contribution in [0.1, 0.15) is 49.7 Å². The molecule has 0 radical (unpaired) electrons. The lowest BCUT2D eigenvalue weighted by atomic mass is 10.1. The minimum Gasteiger partial charge on any atom is -0.372 e. The summed E-state index contributed by atoms with van der Waals surface area (Å²) < 4.78 is 8.08. The van der Waals surface area contributed by atoms with Gasteiger partial charge in [-0.15, -0.1) is 0 Å². The Balaban J connectivity index is 1.82. The number of imidazole rings is 1. The predicted molar refractivity (Wildman–Crippen MR) is 57.7 cm³/mol. The van der Waals surface area contributed by atoms with Gasteiger partial charge >= 0.3 is 0 Å². The Morgan fingerprint density at radius 3 is 3.07 bits per heavy atom. The van der Waals surface area contributed by atoms with E-state index in [1.807, 2.05) is 0 Å². The summed E-state index contributed by atoms with van der Waals surface area (Å²) in [5.74, 6) is 1.27. The van der Waals surface area contributed by atoms with Gasteiger partial charge in [-0.1, -0.05) is 0 Å². The van der Waals surface area contributed by atoms with Crippen LogP contribution in [0.25, 0.3) is 0 Å². The largest absolute Gasteiger partial charge is 0.372 e. The molecule has 1 saturated heterocycles. The number of ether oxygens (including phenoxy) is 1. The van der Waals surface area contributed by atoms with Crippen LogP contribution in [0.5, 0.6) is 0 Å². The molecule has 2 aliphatic rings. The van der Waals surface area contributed by atoms with E-state index < -0.39 is 0 Å². The molecule has 3 nitrogen and oxygen atoms in total. The Morgan fingerprint density at radius 2 is 2.27 bits per heavy atom. The lowest BCUT2D eigenvalue weighted by Crippen LogP contribution is -2.11. The van der Waals surface area contributed by atoms with Crippen LogP contribution < -0.4 is 0 Å². The summed E-state index contributed by atoms with van der Waals surface area (Å²) >= 11 is 0. The average molecular weight is 206 g/mol. The van der Waals surface area contributed by atoms with Crippen LogP contribution in [0.4, 0.5) is 0 Å². The summed E-state index contributed by atoms with van der Waals surface area (Å²) in [6.07, 6.45) is 9.87. The van der Waals surface area contributed by atoms with E-state index in [2.05, 4.69) is 10.8 Å². The van der Waals surface area contributed by atoms with E-state index >= 15 is 0 Å². The fourth-order valence-electron chi connectivity index (χ4n) is 2.56. The molecule has 0 aliphatic carbocycles. The second-order valence-electron chi connectivity index (χ2n) is 4.59. The highest BCUT2D eigenvalue weighted by Gasteiger charge is 2.21. The SMILES string of the molecule is c1c(C2CCCCO2)nc2n1CCCC2. The van der Waals surface area contributed by atoms with Gasteiger partial charge in [-0.2, -0.15) is 0 Å². The van der Waals surface area contributed by atoms with Crippen molar-refractivity contribution in [3.8, 4) is 0 Å². The molecular weight excluding hydrogens is 188 g/mol. The normalized spacial score (nSPS) is 26.3. The van der Waals surface area contributed by atoms with Crippen molar-refractivity contribution in [2.24, 2.45) is 0 Å². The molecule has 3 heteroatoms. The quantitative estimate of drug-likeness (QED) is 0.705. The number of nitrogens with zero attached hydrogens (tertiary/aromatic N) is 2. The van der Waals surface area contributed by atoms with E-state index in [-0.39, 0.29) is 6.10 Å². The Hall–Kier alpha value is -0.830. The van der Waals surface area contributed by atoms with E-state index in [0.29, 0.717) is 0 Å². The van der Waals surface area contributed by atoms with Gasteiger partial charge in [-0.25, -0.2) is 4.98 Å². The molecule has 0 saturated carbocycles. The van der Waals surface area contributed by atoms with Crippen LogP contribution >= 0.6 is 0 Å². The van der Waals surface area contributed by atoms with Gasteiger partial charge in [0.25, 0.3) is 0 Å². The number of rotatable bonds is 1. The van der Waals surface area contributed by atoms with Crippen molar-refractivity contribution in [1.82, 2.24) is 9.55 Å². The second-order valence-corrected chi connectivity index (χ2v) is 4.59. The molecule has 1 atom stereocenters. The van der Waals surface area contributed by atoms with Crippen LogP contribution in [0.2, 0.25) is 0 Å². The highest BCUT2D eigenvalue weighted by Crippen LogP contribution is 2.28. The Morgan fingerprint density at radius 1 is 1.27 bits per heavy atom.